The molecule has 0 spiro atoms. The molecule has 51 heavy (non-hydrogen) atoms. The first-order valence-corrected chi connectivity index (χ1v) is 17.7. The third-order valence-corrected chi connectivity index (χ3v) is 10.3. The molecule has 0 aromatic heterocycles. The van der Waals surface area contributed by atoms with Gasteiger partial charge in [-0.3, -0.25) is 14.4 Å². The molecule has 0 radical (unpaired) electrons. The van der Waals surface area contributed by atoms with Crippen molar-refractivity contribution < 1.29 is 14.4 Å². The number of aliphatic imine (C=N–C) groups is 1. The standard InChI is InChI=1S/C44H42N4O3/c1-2-12-36(41(45)49)38(26-29-13-10-14-29)43(50)47-42-44(51)48(39-22-9-8-21-37(39)40(46-42)32-17-4-3-5-18-32)28-30-15-11-20-33(25-30)35-24-23-31-16-6-7-19-34(31)27-35/h2-9,11,15-25,27,29,36,38,42H,1,10,12-14,26,28H2,(H2,45,49)(H,47,50)/t36-,38+,42?/m0/s1. The molecule has 256 valence electrons. The molecular weight excluding hydrogens is 633 g/mol. The lowest BCUT2D eigenvalue weighted by atomic mass is 9.74. The van der Waals surface area contributed by atoms with Gasteiger partial charge in [0.15, 0.2) is 0 Å². The molecule has 1 fully saturated rings. The van der Waals surface area contributed by atoms with Crippen LogP contribution in [-0.2, 0) is 20.9 Å². The number of fused-ring (bicyclic) bond motifs is 2. The lowest BCUT2D eigenvalue weighted by Crippen LogP contribution is -2.51. The molecule has 3 N–H and O–H groups in total. The van der Waals surface area contributed by atoms with Crippen LogP contribution < -0.4 is 16.0 Å². The average Bonchev–Trinajstić information content (AvgIpc) is 3.25. The smallest absolute Gasteiger partial charge is 0.272 e. The number of nitrogens with one attached hydrogen (secondary N) is 1. The number of primary amides is 1. The lowest BCUT2D eigenvalue weighted by Gasteiger charge is -2.33. The van der Waals surface area contributed by atoms with Gasteiger partial charge >= 0.3 is 0 Å². The van der Waals surface area contributed by atoms with Crippen LogP contribution in [0.4, 0.5) is 5.69 Å². The van der Waals surface area contributed by atoms with E-state index in [1.807, 2.05) is 78.9 Å². The number of nitrogens with two attached hydrogens (primary N) is 1. The van der Waals surface area contributed by atoms with E-state index < -0.39 is 29.8 Å². The largest absolute Gasteiger partial charge is 0.369 e. The predicted molar refractivity (Wildman–Crippen MR) is 204 cm³/mol. The van der Waals surface area contributed by atoms with E-state index in [-0.39, 0.29) is 18.9 Å². The minimum atomic E-state index is -1.23. The highest BCUT2D eigenvalue weighted by Gasteiger charge is 2.39. The van der Waals surface area contributed by atoms with Gasteiger partial charge in [0, 0.05) is 11.1 Å². The zero-order valence-electron chi connectivity index (χ0n) is 28.6. The highest BCUT2D eigenvalue weighted by molar-refractivity contribution is 6.20. The fraction of sp³-hybridized carbons (Fsp3) is 0.227. The number of carbonyl (C=O) groups is 3. The molecule has 3 amide bonds. The third kappa shape index (κ3) is 7.24. The summed E-state index contributed by atoms with van der Waals surface area (Å²) in [6.45, 7) is 4.07. The highest BCUT2D eigenvalue weighted by atomic mass is 16.2. The molecule has 1 unspecified atom stereocenters. The minimum absolute atomic E-state index is 0.257. The zero-order chi connectivity index (χ0) is 35.3. The van der Waals surface area contributed by atoms with Crippen molar-refractivity contribution in [2.45, 2.75) is 44.8 Å². The molecule has 7 nitrogen and oxygen atoms in total. The summed E-state index contributed by atoms with van der Waals surface area (Å²) in [5.74, 6) is -2.41. The Morgan fingerprint density at radius 1 is 0.824 bits per heavy atom. The first-order chi connectivity index (χ1) is 24.9. The SMILES string of the molecule is C=CC[C@H](C(N)=O)[C@@H](CC1CCC1)C(=O)NC1N=C(c2ccccc2)c2ccccc2N(Cc2cccc(-c3ccc4ccccc4c3)c2)C1=O. The Balaban J connectivity index is 1.26. The fourth-order valence-corrected chi connectivity index (χ4v) is 7.36. The maximum absolute atomic E-state index is 14.8. The number of para-hydroxylation sites is 1. The summed E-state index contributed by atoms with van der Waals surface area (Å²) in [4.78, 5) is 48.4. The molecule has 0 bridgehead atoms. The quantitative estimate of drug-likeness (QED) is 0.132. The number of benzodiazepines with no additional fused rings is 1. The molecule has 5 aromatic rings. The second-order valence-corrected chi connectivity index (χ2v) is 13.6. The van der Waals surface area contributed by atoms with Crippen LogP contribution in [0.1, 0.15) is 48.8 Å². The van der Waals surface area contributed by atoms with Crippen molar-refractivity contribution in [2.75, 3.05) is 4.90 Å². The van der Waals surface area contributed by atoms with Gasteiger partial charge in [-0.1, -0.05) is 128 Å². The van der Waals surface area contributed by atoms with Gasteiger partial charge in [0.2, 0.25) is 18.0 Å². The van der Waals surface area contributed by atoms with E-state index in [9.17, 15) is 14.4 Å². The van der Waals surface area contributed by atoms with Crippen LogP contribution in [0.25, 0.3) is 21.9 Å². The number of allylic oxidation sites excluding steroid dienone is 1. The summed E-state index contributed by atoms with van der Waals surface area (Å²) in [6, 6.07) is 40.3. The fourth-order valence-electron chi connectivity index (χ4n) is 7.36. The van der Waals surface area contributed by atoms with Crippen LogP contribution in [0, 0.1) is 17.8 Å². The van der Waals surface area contributed by atoms with Crippen molar-refractivity contribution in [3.63, 3.8) is 0 Å². The molecule has 2 aliphatic rings. The average molecular weight is 675 g/mol. The number of hydrogen-bond acceptors (Lipinski definition) is 4. The van der Waals surface area contributed by atoms with Crippen molar-refractivity contribution in [3.8, 4) is 11.1 Å². The highest BCUT2D eigenvalue weighted by Crippen LogP contribution is 2.36. The van der Waals surface area contributed by atoms with Crippen molar-refractivity contribution in [1.29, 1.82) is 0 Å². The number of rotatable bonds is 12. The van der Waals surface area contributed by atoms with Gasteiger partial charge in [0.1, 0.15) is 0 Å². The number of amides is 3. The summed E-state index contributed by atoms with van der Waals surface area (Å²) < 4.78 is 0. The molecule has 5 aromatic carbocycles. The van der Waals surface area contributed by atoms with Gasteiger partial charge in [-0.2, -0.15) is 0 Å². The van der Waals surface area contributed by atoms with Gasteiger partial charge < -0.3 is 16.0 Å². The van der Waals surface area contributed by atoms with E-state index in [4.69, 9.17) is 10.7 Å². The van der Waals surface area contributed by atoms with E-state index in [1.165, 1.54) is 5.39 Å². The Morgan fingerprint density at radius 2 is 1.53 bits per heavy atom. The van der Waals surface area contributed by atoms with E-state index in [0.29, 0.717) is 23.7 Å². The number of benzene rings is 5. The Kier molecular flexibility index (Phi) is 9.88. The zero-order valence-corrected chi connectivity index (χ0v) is 28.6. The molecular formula is C44H42N4O3. The Labute approximate surface area is 298 Å². The molecule has 1 aliphatic carbocycles. The van der Waals surface area contributed by atoms with Gasteiger partial charge in [-0.25, -0.2) is 4.99 Å². The van der Waals surface area contributed by atoms with E-state index in [1.54, 1.807) is 11.0 Å². The van der Waals surface area contributed by atoms with Crippen LogP contribution in [0.5, 0.6) is 0 Å². The van der Waals surface area contributed by atoms with Crippen LogP contribution >= 0.6 is 0 Å². The van der Waals surface area contributed by atoms with E-state index >= 15 is 0 Å². The minimum Gasteiger partial charge on any atom is -0.369 e. The van der Waals surface area contributed by atoms with Gasteiger partial charge in [-0.15, -0.1) is 6.58 Å². The summed E-state index contributed by atoms with van der Waals surface area (Å²) >= 11 is 0. The first kappa shape index (κ1) is 33.7. The van der Waals surface area contributed by atoms with E-state index in [0.717, 1.165) is 52.5 Å². The second kappa shape index (κ2) is 15.0. The molecule has 1 heterocycles. The molecule has 0 saturated heterocycles. The molecule has 3 atom stereocenters. The number of carbonyl (C=O) groups excluding carboxylic acids is 3. The number of anilines is 1. The van der Waals surface area contributed by atoms with Crippen LogP contribution in [0.15, 0.2) is 139 Å². The van der Waals surface area contributed by atoms with Crippen LogP contribution in [0.3, 0.4) is 0 Å². The van der Waals surface area contributed by atoms with Crippen LogP contribution in [0.2, 0.25) is 0 Å². The number of nitrogens with zero attached hydrogens (tertiary/aromatic N) is 2. The Bertz CT molecular complexity index is 2120. The molecule has 7 heteroatoms. The summed E-state index contributed by atoms with van der Waals surface area (Å²) in [6.07, 6.45) is 4.31. The number of hydrogen-bond donors (Lipinski definition) is 2. The topological polar surface area (TPSA) is 105 Å². The monoisotopic (exact) mass is 674 g/mol. The summed E-state index contributed by atoms with van der Waals surface area (Å²) in [7, 11) is 0. The van der Waals surface area contributed by atoms with E-state index in [2.05, 4.69) is 54.4 Å². The molecule has 1 aliphatic heterocycles. The first-order valence-electron chi connectivity index (χ1n) is 17.7. The Hall–Kier alpha value is -5.82. The summed E-state index contributed by atoms with van der Waals surface area (Å²) in [5.41, 5.74) is 11.8. The van der Waals surface area contributed by atoms with Gasteiger partial charge in [0.25, 0.3) is 5.91 Å². The molecule has 1 saturated carbocycles. The van der Waals surface area contributed by atoms with Crippen molar-refractivity contribution in [3.05, 3.63) is 151 Å². The lowest BCUT2D eigenvalue weighted by molar-refractivity contribution is -0.136. The van der Waals surface area contributed by atoms with Crippen molar-refractivity contribution >= 4 is 39.9 Å². The van der Waals surface area contributed by atoms with Crippen molar-refractivity contribution in [2.24, 2.45) is 28.5 Å². The molecule has 7 rings (SSSR count). The van der Waals surface area contributed by atoms with Crippen molar-refractivity contribution in [1.82, 2.24) is 5.32 Å². The Morgan fingerprint density at radius 3 is 2.27 bits per heavy atom. The van der Waals surface area contributed by atoms with Gasteiger partial charge in [0.05, 0.1) is 29.8 Å². The maximum Gasteiger partial charge on any atom is 0.272 e. The normalized spacial score (nSPS) is 17.0. The second-order valence-electron chi connectivity index (χ2n) is 13.6. The van der Waals surface area contributed by atoms with Crippen LogP contribution in [-0.4, -0.2) is 29.6 Å². The predicted octanol–water partition coefficient (Wildman–Crippen LogP) is 7.82. The van der Waals surface area contributed by atoms with Gasteiger partial charge in [-0.05, 0) is 64.4 Å². The third-order valence-electron chi connectivity index (χ3n) is 10.3. The summed E-state index contributed by atoms with van der Waals surface area (Å²) in [5, 5.41) is 5.33. The maximum atomic E-state index is 14.8.